The maximum Gasteiger partial charge on any atom is 0.305 e. The molecule has 0 unspecified atom stereocenters. The zero-order valence-corrected chi connectivity index (χ0v) is 23.2. The highest BCUT2D eigenvalue weighted by Crippen LogP contribution is 2.48. The summed E-state index contributed by atoms with van der Waals surface area (Å²) < 4.78 is 17.5. The summed E-state index contributed by atoms with van der Waals surface area (Å²) in [6, 6.07) is 14.8. The van der Waals surface area contributed by atoms with Crippen LogP contribution in [0.2, 0.25) is 5.02 Å². The van der Waals surface area contributed by atoms with Gasteiger partial charge in [0.25, 0.3) is 0 Å². The molecular formula is C29H37ClFN3O2S. The Hall–Kier alpha value is -2.06. The fraction of sp³-hybridized carbons (Fsp3) is 0.483. The summed E-state index contributed by atoms with van der Waals surface area (Å²) >= 11 is 8.16. The number of para-hydroxylation sites is 1. The van der Waals surface area contributed by atoms with Gasteiger partial charge in [0.1, 0.15) is 0 Å². The molecule has 200 valence electrons. The molecule has 37 heavy (non-hydrogen) atoms. The van der Waals surface area contributed by atoms with Gasteiger partial charge in [-0.1, -0.05) is 48.5 Å². The molecule has 0 N–H and O–H groups in total. The van der Waals surface area contributed by atoms with Crippen LogP contribution in [0.4, 0.5) is 15.8 Å². The van der Waals surface area contributed by atoms with Gasteiger partial charge in [-0.25, -0.2) is 4.39 Å². The third-order valence-corrected chi connectivity index (χ3v) is 8.36. The number of allylic oxidation sites excluding steroid dienone is 1. The van der Waals surface area contributed by atoms with Crippen LogP contribution in [0, 0.1) is 5.92 Å². The Morgan fingerprint density at radius 3 is 2.49 bits per heavy atom. The molecule has 2 aromatic rings. The highest BCUT2D eigenvalue weighted by atomic mass is 35.5. The molecule has 0 aliphatic carbocycles. The quantitative estimate of drug-likeness (QED) is 0.216. The molecule has 4 rings (SSSR count). The molecule has 0 spiro atoms. The Labute approximate surface area is 229 Å². The molecule has 1 fully saturated rings. The largest absolute Gasteiger partial charge is 0.466 e. The van der Waals surface area contributed by atoms with Gasteiger partial charge in [-0.3, -0.25) is 4.79 Å². The lowest BCUT2D eigenvalue weighted by molar-refractivity contribution is -0.144. The number of halogens is 2. The highest BCUT2D eigenvalue weighted by molar-refractivity contribution is 7.99. The number of carbonyl (C=O) groups is 1. The molecule has 8 heteroatoms. The van der Waals surface area contributed by atoms with Crippen LogP contribution in [-0.4, -0.2) is 68.2 Å². The van der Waals surface area contributed by atoms with E-state index in [9.17, 15) is 9.18 Å². The molecule has 2 aliphatic heterocycles. The van der Waals surface area contributed by atoms with Crippen molar-refractivity contribution in [3.63, 3.8) is 0 Å². The molecule has 2 aromatic carbocycles. The molecular weight excluding hydrogens is 509 g/mol. The predicted molar refractivity (Wildman–Crippen MR) is 151 cm³/mol. The Morgan fingerprint density at radius 1 is 1.03 bits per heavy atom. The summed E-state index contributed by atoms with van der Waals surface area (Å²) in [6.45, 7) is 9.54. The smallest absolute Gasteiger partial charge is 0.305 e. The fourth-order valence-corrected chi connectivity index (χ4v) is 6.09. The van der Waals surface area contributed by atoms with Crippen LogP contribution in [-0.2, 0) is 9.53 Å². The van der Waals surface area contributed by atoms with Crippen LogP contribution in [0.5, 0.6) is 0 Å². The van der Waals surface area contributed by atoms with Gasteiger partial charge in [-0.2, -0.15) is 0 Å². The van der Waals surface area contributed by atoms with Crippen molar-refractivity contribution in [3.8, 4) is 0 Å². The van der Waals surface area contributed by atoms with Gasteiger partial charge in [-0.15, -0.1) is 0 Å². The van der Waals surface area contributed by atoms with Crippen LogP contribution in [0.15, 0.2) is 64.7 Å². The molecule has 1 saturated heterocycles. The Balaban J connectivity index is 1.14. The van der Waals surface area contributed by atoms with Crippen molar-refractivity contribution >= 4 is 40.7 Å². The topological polar surface area (TPSA) is 36.0 Å². The van der Waals surface area contributed by atoms with E-state index in [1.807, 2.05) is 24.8 Å². The summed E-state index contributed by atoms with van der Waals surface area (Å²) in [5.74, 6) is -0.137. The zero-order chi connectivity index (χ0) is 26.0. The first kappa shape index (κ1) is 28.0. The van der Waals surface area contributed by atoms with Gasteiger partial charge in [-0.05, 0) is 62.1 Å². The standard InChI is InChI=1S/C29H37ClFN3O2S/c1-23(12-13-31)8-11-29(35)36-21-5-15-33-19-17-32(18-20-33)14-4-16-34-25-6-2-3-7-27(25)37-28-10-9-24(30)22-26(28)34/h2-3,6-7,9-10,12-13,22-23H,4-5,8,11,14-21H2,1H3/b13-12-/t23-/m0/s1. The van der Waals surface area contributed by atoms with E-state index in [0.29, 0.717) is 25.8 Å². The number of hydrogen-bond donors (Lipinski definition) is 0. The first-order chi connectivity index (χ1) is 18.0. The van der Waals surface area contributed by atoms with Gasteiger partial charge in [0.15, 0.2) is 0 Å². The minimum absolute atomic E-state index is 0.0535. The lowest BCUT2D eigenvalue weighted by Crippen LogP contribution is -2.47. The van der Waals surface area contributed by atoms with Crippen LogP contribution in [0.25, 0.3) is 0 Å². The minimum atomic E-state index is -0.191. The van der Waals surface area contributed by atoms with Gasteiger partial charge in [0.05, 0.1) is 24.3 Å². The van der Waals surface area contributed by atoms with E-state index in [-0.39, 0.29) is 11.9 Å². The molecule has 0 radical (unpaired) electrons. The van der Waals surface area contributed by atoms with E-state index in [4.69, 9.17) is 16.3 Å². The van der Waals surface area contributed by atoms with Crippen LogP contribution in [0.1, 0.15) is 32.6 Å². The first-order valence-corrected chi connectivity index (χ1v) is 14.4. The first-order valence-electron chi connectivity index (χ1n) is 13.2. The second-order valence-corrected chi connectivity index (χ2v) is 11.3. The summed E-state index contributed by atoms with van der Waals surface area (Å²) in [4.78, 5) is 21.8. The molecule has 1 atom stereocenters. The molecule has 0 saturated carbocycles. The van der Waals surface area contributed by atoms with E-state index in [0.717, 1.165) is 63.7 Å². The minimum Gasteiger partial charge on any atom is -0.466 e. The van der Waals surface area contributed by atoms with Crippen molar-refractivity contribution in [2.24, 2.45) is 5.92 Å². The monoisotopic (exact) mass is 545 g/mol. The van der Waals surface area contributed by atoms with Crippen molar-refractivity contribution < 1.29 is 13.9 Å². The Kier molecular flexibility index (Phi) is 10.7. The summed E-state index contributed by atoms with van der Waals surface area (Å²) in [5.41, 5.74) is 2.46. The maximum atomic E-state index is 12.2. The lowest BCUT2D eigenvalue weighted by atomic mass is 10.1. The molecule has 0 aromatic heterocycles. The number of piperazine rings is 1. The molecule has 2 heterocycles. The van der Waals surface area contributed by atoms with Crippen LogP contribution < -0.4 is 4.90 Å². The Morgan fingerprint density at radius 2 is 1.73 bits per heavy atom. The number of rotatable bonds is 12. The van der Waals surface area contributed by atoms with E-state index in [1.165, 1.54) is 27.2 Å². The second-order valence-electron chi connectivity index (χ2n) is 9.78. The summed E-state index contributed by atoms with van der Waals surface area (Å²) in [7, 11) is 0. The number of hydrogen-bond acceptors (Lipinski definition) is 6. The number of anilines is 2. The van der Waals surface area contributed by atoms with Crippen molar-refractivity contribution in [2.75, 3.05) is 57.3 Å². The molecule has 0 amide bonds. The van der Waals surface area contributed by atoms with Crippen molar-refractivity contribution in [3.05, 3.63) is 59.9 Å². The van der Waals surface area contributed by atoms with E-state index in [1.54, 1.807) is 0 Å². The third-order valence-electron chi connectivity index (χ3n) is 7.00. The van der Waals surface area contributed by atoms with Gasteiger partial charge in [0, 0.05) is 60.5 Å². The normalized spacial score (nSPS) is 17.0. The molecule has 5 nitrogen and oxygen atoms in total. The number of esters is 1. The number of ether oxygens (including phenoxy) is 1. The molecule has 0 bridgehead atoms. The van der Waals surface area contributed by atoms with E-state index < -0.39 is 0 Å². The average molecular weight is 546 g/mol. The van der Waals surface area contributed by atoms with Gasteiger partial charge >= 0.3 is 5.97 Å². The predicted octanol–water partition coefficient (Wildman–Crippen LogP) is 6.78. The summed E-state index contributed by atoms with van der Waals surface area (Å²) in [6.07, 6.45) is 4.89. The van der Waals surface area contributed by atoms with Crippen molar-refractivity contribution in [1.29, 1.82) is 0 Å². The SMILES string of the molecule is C[C@H](/C=C\F)CCC(=O)OCCCN1CCN(CCCN2c3ccccc3Sc3ccc(Cl)cc32)CC1. The van der Waals surface area contributed by atoms with Crippen LogP contribution >= 0.6 is 23.4 Å². The summed E-state index contributed by atoms with van der Waals surface area (Å²) in [5, 5.41) is 0.773. The molecule has 2 aliphatic rings. The zero-order valence-electron chi connectivity index (χ0n) is 21.6. The second kappa shape index (κ2) is 14.2. The van der Waals surface area contributed by atoms with E-state index >= 15 is 0 Å². The number of benzene rings is 2. The third kappa shape index (κ3) is 8.21. The average Bonchev–Trinajstić information content (AvgIpc) is 2.91. The number of carbonyl (C=O) groups excluding carboxylic acids is 1. The van der Waals surface area contributed by atoms with E-state index in [2.05, 4.69) is 51.1 Å². The van der Waals surface area contributed by atoms with Gasteiger partial charge in [0.2, 0.25) is 0 Å². The fourth-order valence-electron chi connectivity index (χ4n) is 4.84. The number of fused-ring (bicyclic) bond motifs is 2. The lowest BCUT2D eigenvalue weighted by Gasteiger charge is -2.36. The highest BCUT2D eigenvalue weighted by Gasteiger charge is 2.24. The van der Waals surface area contributed by atoms with Gasteiger partial charge < -0.3 is 19.4 Å². The Bertz CT molecular complexity index is 1060. The van der Waals surface area contributed by atoms with Crippen LogP contribution in [0.3, 0.4) is 0 Å². The van der Waals surface area contributed by atoms with Crippen molar-refractivity contribution in [1.82, 2.24) is 9.80 Å². The maximum absolute atomic E-state index is 12.2. The van der Waals surface area contributed by atoms with Crippen molar-refractivity contribution in [2.45, 2.75) is 42.4 Å². The number of nitrogens with zero attached hydrogens (tertiary/aromatic N) is 3.